The largest absolute Gasteiger partial charge is 0.380 e. The summed E-state index contributed by atoms with van der Waals surface area (Å²) in [4.78, 5) is 2.24. The van der Waals surface area contributed by atoms with Gasteiger partial charge in [0.25, 0.3) is 0 Å². The quantitative estimate of drug-likeness (QED) is 0.0656. The maximum atomic E-state index is 6.57. The molecule has 0 radical (unpaired) electrons. The fraction of sp³-hybridized carbons (Fsp3) is 0.917. The van der Waals surface area contributed by atoms with Crippen molar-refractivity contribution < 1.29 is 14.2 Å². The van der Waals surface area contributed by atoms with E-state index < -0.39 is 0 Å². The SMILES string of the molecule is CCCC/C=C\CCCOC[C@H](COCCCCCCCO[C@H]1CC[C@@]2(C)C(=CC[C@H]3[C@@H]4CC[C@H]([C@H](C)CCCC(C)C)[C@@]4(C)CC[C@@H]32)C1)N(C)C. The van der Waals surface area contributed by atoms with Crippen LogP contribution in [0.1, 0.15) is 176 Å². The topological polar surface area (TPSA) is 30.9 Å². The summed E-state index contributed by atoms with van der Waals surface area (Å²) in [6, 6.07) is 0.331. The molecule has 4 nitrogen and oxygen atoms in total. The van der Waals surface area contributed by atoms with E-state index in [1.165, 1.54) is 116 Å². The molecule has 4 aliphatic carbocycles. The molecule has 52 heavy (non-hydrogen) atoms. The fourth-order valence-electron chi connectivity index (χ4n) is 11.5. The smallest absolute Gasteiger partial charge is 0.0644 e. The molecule has 9 atom stereocenters. The molecule has 3 saturated carbocycles. The lowest BCUT2D eigenvalue weighted by atomic mass is 9.47. The van der Waals surface area contributed by atoms with Crippen LogP contribution < -0.4 is 0 Å². The van der Waals surface area contributed by atoms with Gasteiger partial charge in [-0.3, -0.25) is 0 Å². The highest BCUT2D eigenvalue weighted by Gasteiger charge is 2.59. The fourth-order valence-corrected chi connectivity index (χ4v) is 11.5. The first-order valence-corrected chi connectivity index (χ1v) is 22.9. The van der Waals surface area contributed by atoms with Gasteiger partial charge in [-0.1, -0.05) is 117 Å². The van der Waals surface area contributed by atoms with Gasteiger partial charge in [-0.25, -0.2) is 0 Å². The lowest BCUT2D eigenvalue weighted by Crippen LogP contribution is -2.51. The van der Waals surface area contributed by atoms with Gasteiger partial charge in [0, 0.05) is 19.8 Å². The van der Waals surface area contributed by atoms with E-state index in [0.717, 1.165) is 87.8 Å². The van der Waals surface area contributed by atoms with Gasteiger partial charge in [0.2, 0.25) is 0 Å². The zero-order valence-corrected chi connectivity index (χ0v) is 35.9. The number of unbranched alkanes of at least 4 members (excludes halogenated alkanes) is 7. The van der Waals surface area contributed by atoms with Gasteiger partial charge in [-0.2, -0.15) is 0 Å². The van der Waals surface area contributed by atoms with Crippen molar-refractivity contribution >= 4 is 0 Å². The second-order valence-corrected chi connectivity index (χ2v) is 19.3. The number of fused-ring (bicyclic) bond motifs is 5. The van der Waals surface area contributed by atoms with Crippen molar-refractivity contribution in [3.63, 3.8) is 0 Å². The van der Waals surface area contributed by atoms with Gasteiger partial charge in [-0.05, 0) is 144 Å². The molecule has 0 heterocycles. The van der Waals surface area contributed by atoms with E-state index in [2.05, 4.69) is 78.8 Å². The average Bonchev–Trinajstić information content (AvgIpc) is 3.47. The molecule has 4 heteroatoms. The molecular weight excluding hydrogens is 639 g/mol. The first kappa shape index (κ1) is 44.0. The summed E-state index contributed by atoms with van der Waals surface area (Å²) in [6.07, 6.45) is 35.4. The number of hydrogen-bond acceptors (Lipinski definition) is 4. The normalized spacial score (nSPS) is 31.5. The number of ether oxygens (including phenoxy) is 3. The summed E-state index contributed by atoms with van der Waals surface area (Å²) >= 11 is 0. The molecule has 4 rings (SSSR count). The molecule has 0 aromatic carbocycles. The minimum absolute atomic E-state index is 0.331. The van der Waals surface area contributed by atoms with Crippen LogP contribution in [-0.2, 0) is 14.2 Å². The number of allylic oxidation sites excluding steroid dienone is 3. The molecule has 0 aliphatic heterocycles. The molecule has 0 spiro atoms. The third-order valence-electron chi connectivity index (χ3n) is 14.9. The van der Waals surface area contributed by atoms with Crippen LogP contribution in [0.25, 0.3) is 0 Å². The zero-order chi connectivity index (χ0) is 37.4. The summed E-state index contributed by atoms with van der Waals surface area (Å²) in [7, 11) is 4.27. The summed E-state index contributed by atoms with van der Waals surface area (Å²) in [5.74, 6) is 5.49. The van der Waals surface area contributed by atoms with Crippen LogP contribution in [0, 0.1) is 46.3 Å². The number of rotatable bonds is 26. The van der Waals surface area contributed by atoms with Crippen LogP contribution in [0.3, 0.4) is 0 Å². The van der Waals surface area contributed by atoms with Gasteiger partial charge in [0.15, 0.2) is 0 Å². The van der Waals surface area contributed by atoms with Crippen LogP contribution in [0.15, 0.2) is 23.8 Å². The molecule has 4 aliphatic rings. The Morgan fingerprint density at radius 2 is 1.46 bits per heavy atom. The minimum Gasteiger partial charge on any atom is -0.380 e. The Labute approximate surface area is 324 Å². The third-order valence-corrected chi connectivity index (χ3v) is 14.9. The molecule has 0 unspecified atom stereocenters. The van der Waals surface area contributed by atoms with Gasteiger partial charge in [0.1, 0.15) is 0 Å². The van der Waals surface area contributed by atoms with E-state index in [-0.39, 0.29) is 0 Å². The zero-order valence-electron chi connectivity index (χ0n) is 35.9. The monoisotopic (exact) mass is 726 g/mol. The molecule has 302 valence electrons. The van der Waals surface area contributed by atoms with Gasteiger partial charge >= 0.3 is 0 Å². The van der Waals surface area contributed by atoms with Crippen molar-refractivity contribution in [3.8, 4) is 0 Å². The maximum Gasteiger partial charge on any atom is 0.0644 e. The summed E-state index contributed by atoms with van der Waals surface area (Å²) in [5.41, 5.74) is 2.79. The minimum atomic E-state index is 0.331. The summed E-state index contributed by atoms with van der Waals surface area (Å²) in [5, 5.41) is 0. The predicted molar refractivity (Wildman–Crippen MR) is 223 cm³/mol. The highest BCUT2D eigenvalue weighted by molar-refractivity contribution is 5.25. The number of likely N-dealkylation sites (N-methyl/N-ethyl adjacent to an activating group) is 1. The molecule has 0 aromatic heterocycles. The second kappa shape index (κ2) is 22.8. The molecule has 3 fully saturated rings. The maximum absolute atomic E-state index is 6.57. The molecule has 0 N–H and O–H groups in total. The van der Waals surface area contributed by atoms with E-state index in [1.54, 1.807) is 5.57 Å². The third kappa shape index (κ3) is 12.7. The van der Waals surface area contributed by atoms with Crippen LogP contribution in [0.4, 0.5) is 0 Å². The molecular formula is C48H87NO3. The van der Waals surface area contributed by atoms with Gasteiger partial charge < -0.3 is 19.1 Å². The number of hydrogen-bond donors (Lipinski definition) is 0. The van der Waals surface area contributed by atoms with Crippen molar-refractivity contribution in [2.24, 2.45) is 46.3 Å². The molecule has 0 amide bonds. The highest BCUT2D eigenvalue weighted by Crippen LogP contribution is 2.67. The Morgan fingerprint density at radius 1 is 0.769 bits per heavy atom. The van der Waals surface area contributed by atoms with Crippen LogP contribution in [-0.4, -0.2) is 64.2 Å². The van der Waals surface area contributed by atoms with Crippen molar-refractivity contribution in [2.75, 3.05) is 47.1 Å². The lowest BCUT2D eigenvalue weighted by Gasteiger charge is -2.58. The van der Waals surface area contributed by atoms with Crippen LogP contribution in [0.5, 0.6) is 0 Å². The van der Waals surface area contributed by atoms with Crippen LogP contribution >= 0.6 is 0 Å². The lowest BCUT2D eigenvalue weighted by molar-refractivity contribution is -0.0641. The van der Waals surface area contributed by atoms with Gasteiger partial charge in [-0.15, -0.1) is 0 Å². The Bertz CT molecular complexity index is 1040. The Balaban J connectivity index is 1.06. The van der Waals surface area contributed by atoms with Crippen molar-refractivity contribution in [2.45, 2.75) is 189 Å². The van der Waals surface area contributed by atoms with E-state index in [9.17, 15) is 0 Å². The first-order chi connectivity index (χ1) is 25.1. The van der Waals surface area contributed by atoms with E-state index >= 15 is 0 Å². The van der Waals surface area contributed by atoms with Crippen LogP contribution in [0.2, 0.25) is 0 Å². The van der Waals surface area contributed by atoms with E-state index in [4.69, 9.17) is 14.2 Å². The number of nitrogens with zero attached hydrogens (tertiary/aromatic N) is 1. The Morgan fingerprint density at radius 3 is 2.17 bits per heavy atom. The highest BCUT2D eigenvalue weighted by atomic mass is 16.5. The predicted octanol–water partition coefficient (Wildman–Crippen LogP) is 12.9. The Kier molecular flexibility index (Phi) is 19.3. The molecule has 0 saturated heterocycles. The van der Waals surface area contributed by atoms with Crippen molar-refractivity contribution in [3.05, 3.63) is 23.8 Å². The first-order valence-electron chi connectivity index (χ1n) is 22.9. The van der Waals surface area contributed by atoms with E-state index in [1.807, 2.05) is 0 Å². The van der Waals surface area contributed by atoms with Crippen molar-refractivity contribution in [1.29, 1.82) is 0 Å². The standard InChI is InChI=1S/C48H87NO3/c1-9-10-11-12-13-15-18-32-50-36-41(49(7)8)37-51-33-19-16-14-17-20-34-52-42-28-30-47(5)40(35-42)24-25-43-45-27-26-44(39(4)23-21-22-38(2)3)48(45,6)31-29-46(43)47/h12-13,24,38-39,41-46H,9-11,14-23,25-37H2,1-8H3/b13-12-/t39-,41-,42+,43+,44-,45+,46+,47+,48-/m1/s1. The summed E-state index contributed by atoms with van der Waals surface area (Å²) < 4.78 is 18.6. The van der Waals surface area contributed by atoms with Crippen molar-refractivity contribution in [1.82, 2.24) is 4.90 Å². The van der Waals surface area contributed by atoms with E-state index in [0.29, 0.717) is 23.0 Å². The molecule has 0 aromatic rings. The Hall–Kier alpha value is -0.680. The molecule has 0 bridgehead atoms. The average molecular weight is 726 g/mol. The second-order valence-electron chi connectivity index (χ2n) is 19.3. The summed E-state index contributed by atoms with van der Waals surface area (Å²) in [6.45, 7) is 19.2. The van der Waals surface area contributed by atoms with Gasteiger partial charge in [0.05, 0.1) is 25.4 Å².